The number of carbonyl (C=O) groups is 1. The number of aromatic carboxylic acids is 1. The van der Waals surface area contributed by atoms with E-state index in [-0.39, 0.29) is 0 Å². The summed E-state index contributed by atoms with van der Waals surface area (Å²) in [6.45, 7) is 1.94. The molecule has 0 aromatic carbocycles. The molecule has 0 unspecified atom stereocenters. The van der Waals surface area contributed by atoms with Gasteiger partial charge in [0.05, 0.1) is 17.6 Å². The molecule has 1 saturated carbocycles. The number of nitrogens with zero attached hydrogens (tertiary/aromatic N) is 2. The zero-order valence-corrected chi connectivity index (χ0v) is 10.4. The third-order valence-corrected chi connectivity index (χ3v) is 3.85. The van der Waals surface area contributed by atoms with E-state index in [4.69, 9.17) is 0 Å². The van der Waals surface area contributed by atoms with Gasteiger partial charge in [-0.05, 0) is 19.3 Å². The standard InChI is InChI=1S/C13H17N3O2/c1-2-9-11(13(17)18)12-14-10(7-16(12)15-9)8-5-3-4-6-8/h7-8,15H,2-6H2,1H3,(H,17,18). The Labute approximate surface area is 105 Å². The topological polar surface area (TPSA) is 70.4 Å². The highest BCUT2D eigenvalue weighted by molar-refractivity contribution is 5.95. The lowest BCUT2D eigenvalue weighted by Crippen LogP contribution is -2.01. The molecule has 1 fully saturated rings. The quantitative estimate of drug-likeness (QED) is 0.875. The maximum absolute atomic E-state index is 11.3. The molecule has 2 aromatic rings. The second-order valence-electron chi connectivity index (χ2n) is 4.96. The molecular weight excluding hydrogens is 230 g/mol. The van der Waals surface area contributed by atoms with E-state index in [0.717, 1.165) is 11.4 Å². The van der Waals surface area contributed by atoms with Gasteiger partial charge < -0.3 is 5.11 Å². The summed E-state index contributed by atoms with van der Waals surface area (Å²) in [6, 6.07) is 0. The third-order valence-electron chi connectivity index (χ3n) is 3.85. The van der Waals surface area contributed by atoms with E-state index in [0.29, 0.717) is 23.5 Å². The number of fused-ring (bicyclic) bond motifs is 1. The number of imidazole rings is 1. The number of carboxylic acids is 1. The van der Waals surface area contributed by atoms with Crippen LogP contribution in [0.25, 0.3) is 5.65 Å². The molecule has 0 bridgehead atoms. The number of aromatic nitrogens is 3. The van der Waals surface area contributed by atoms with Crippen molar-refractivity contribution in [2.45, 2.75) is 44.9 Å². The molecule has 1 aliphatic carbocycles. The van der Waals surface area contributed by atoms with Gasteiger partial charge in [0.15, 0.2) is 5.65 Å². The van der Waals surface area contributed by atoms with Crippen LogP contribution in [0.4, 0.5) is 0 Å². The zero-order valence-electron chi connectivity index (χ0n) is 10.4. The van der Waals surface area contributed by atoms with Crippen LogP contribution in [0.5, 0.6) is 0 Å². The number of H-pyrrole nitrogens is 1. The molecule has 0 amide bonds. The van der Waals surface area contributed by atoms with Crippen molar-refractivity contribution in [2.75, 3.05) is 0 Å². The van der Waals surface area contributed by atoms with Gasteiger partial charge in [0.25, 0.3) is 0 Å². The lowest BCUT2D eigenvalue weighted by atomic mass is 10.1. The van der Waals surface area contributed by atoms with Crippen molar-refractivity contribution in [3.63, 3.8) is 0 Å². The van der Waals surface area contributed by atoms with E-state index in [1.165, 1.54) is 25.7 Å². The molecular formula is C13H17N3O2. The maximum Gasteiger partial charge on any atom is 0.341 e. The normalized spacial score (nSPS) is 16.7. The smallest absolute Gasteiger partial charge is 0.341 e. The summed E-state index contributed by atoms with van der Waals surface area (Å²) in [4.78, 5) is 15.8. The highest BCUT2D eigenvalue weighted by atomic mass is 16.4. The van der Waals surface area contributed by atoms with E-state index < -0.39 is 5.97 Å². The molecule has 3 rings (SSSR count). The Hall–Kier alpha value is -1.78. The van der Waals surface area contributed by atoms with E-state index in [9.17, 15) is 9.90 Å². The van der Waals surface area contributed by atoms with Gasteiger partial charge in [0.1, 0.15) is 5.56 Å². The summed E-state index contributed by atoms with van der Waals surface area (Å²) in [7, 11) is 0. The molecule has 5 heteroatoms. The van der Waals surface area contributed by atoms with Crippen molar-refractivity contribution in [2.24, 2.45) is 0 Å². The average Bonchev–Trinajstić information content (AvgIpc) is 3.01. The minimum atomic E-state index is -0.901. The molecule has 2 N–H and O–H groups in total. The minimum Gasteiger partial charge on any atom is -0.477 e. The van der Waals surface area contributed by atoms with Gasteiger partial charge in [-0.3, -0.25) is 5.10 Å². The van der Waals surface area contributed by atoms with Crippen LogP contribution < -0.4 is 0 Å². The van der Waals surface area contributed by atoms with Crippen LogP contribution in [0.15, 0.2) is 6.20 Å². The fourth-order valence-corrected chi connectivity index (χ4v) is 2.90. The first kappa shape index (κ1) is 11.3. The number of hydrogen-bond donors (Lipinski definition) is 2. The van der Waals surface area contributed by atoms with Gasteiger partial charge in [-0.2, -0.15) is 0 Å². The van der Waals surface area contributed by atoms with Gasteiger partial charge >= 0.3 is 5.97 Å². The SMILES string of the molecule is CCc1[nH]n2cc(C3CCCC3)nc2c1C(=O)O. The summed E-state index contributed by atoms with van der Waals surface area (Å²) in [5.74, 6) is -0.397. The molecule has 0 atom stereocenters. The van der Waals surface area contributed by atoms with E-state index >= 15 is 0 Å². The fraction of sp³-hybridized carbons (Fsp3) is 0.538. The zero-order chi connectivity index (χ0) is 12.7. The molecule has 0 radical (unpaired) electrons. The number of carboxylic acid groups (broad SMARTS) is 1. The van der Waals surface area contributed by atoms with Crippen molar-refractivity contribution >= 4 is 11.6 Å². The summed E-state index contributed by atoms with van der Waals surface area (Å²) in [6.07, 6.45) is 7.47. The van der Waals surface area contributed by atoms with E-state index in [2.05, 4.69) is 10.1 Å². The molecule has 5 nitrogen and oxygen atoms in total. The average molecular weight is 247 g/mol. The first-order valence-corrected chi connectivity index (χ1v) is 6.53. The molecule has 1 aliphatic rings. The van der Waals surface area contributed by atoms with Crippen LogP contribution in [0.1, 0.15) is 60.3 Å². The summed E-state index contributed by atoms with van der Waals surface area (Å²) in [5, 5.41) is 12.4. The number of aryl methyl sites for hydroxylation is 1. The predicted molar refractivity (Wildman–Crippen MR) is 67.1 cm³/mol. The van der Waals surface area contributed by atoms with Gasteiger partial charge in [0, 0.05) is 5.92 Å². The van der Waals surface area contributed by atoms with Gasteiger partial charge in [-0.25, -0.2) is 14.3 Å². The maximum atomic E-state index is 11.3. The largest absolute Gasteiger partial charge is 0.477 e. The Balaban J connectivity index is 2.09. The van der Waals surface area contributed by atoms with Gasteiger partial charge in [-0.1, -0.05) is 19.8 Å². The summed E-state index contributed by atoms with van der Waals surface area (Å²) >= 11 is 0. The highest BCUT2D eigenvalue weighted by Crippen LogP contribution is 2.34. The van der Waals surface area contributed by atoms with Crippen molar-refractivity contribution in [3.05, 3.63) is 23.1 Å². The first-order valence-electron chi connectivity index (χ1n) is 6.53. The molecule has 96 valence electrons. The van der Waals surface area contributed by atoms with Gasteiger partial charge in [0.2, 0.25) is 0 Å². The monoisotopic (exact) mass is 247 g/mol. The lowest BCUT2D eigenvalue weighted by Gasteiger charge is -2.03. The van der Waals surface area contributed by atoms with Crippen molar-refractivity contribution in [3.8, 4) is 0 Å². The molecule has 0 saturated heterocycles. The van der Waals surface area contributed by atoms with Crippen LogP contribution in [-0.4, -0.2) is 25.7 Å². The van der Waals surface area contributed by atoms with Crippen molar-refractivity contribution < 1.29 is 9.90 Å². The molecule has 0 spiro atoms. The van der Waals surface area contributed by atoms with E-state index in [1.807, 2.05) is 13.1 Å². The second kappa shape index (κ2) is 4.15. The second-order valence-corrected chi connectivity index (χ2v) is 4.96. The molecule has 2 heterocycles. The highest BCUT2D eigenvalue weighted by Gasteiger charge is 2.24. The molecule has 2 aromatic heterocycles. The van der Waals surface area contributed by atoms with Crippen LogP contribution in [0.3, 0.4) is 0 Å². The minimum absolute atomic E-state index is 0.321. The number of aromatic amines is 1. The van der Waals surface area contributed by atoms with Crippen LogP contribution >= 0.6 is 0 Å². The fourth-order valence-electron chi connectivity index (χ4n) is 2.90. The Morgan fingerprint density at radius 2 is 2.28 bits per heavy atom. The van der Waals surface area contributed by atoms with E-state index in [1.54, 1.807) is 4.52 Å². The molecule has 18 heavy (non-hydrogen) atoms. The van der Waals surface area contributed by atoms with Crippen LogP contribution in [0.2, 0.25) is 0 Å². The van der Waals surface area contributed by atoms with Crippen LogP contribution in [0, 0.1) is 0 Å². The predicted octanol–water partition coefficient (Wildman–Crippen LogP) is 2.58. The molecule has 0 aliphatic heterocycles. The number of nitrogens with one attached hydrogen (secondary N) is 1. The van der Waals surface area contributed by atoms with Crippen LogP contribution in [-0.2, 0) is 6.42 Å². The summed E-state index contributed by atoms with van der Waals surface area (Å²) in [5.41, 5.74) is 2.65. The Kier molecular flexibility index (Phi) is 2.61. The number of hydrogen-bond acceptors (Lipinski definition) is 2. The first-order chi connectivity index (χ1) is 8.70. The van der Waals surface area contributed by atoms with Crippen molar-refractivity contribution in [1.82, 2.24) is 14.6 Å². The van der Waals surface area contributed by atoms with Crippen molar-refractivity contribution in [1.29, 1.82) is 0 Å². The number of rotatable bonds is 3. The Morgan fingerprint density at radius 1 is 1.56 bits per heavy atom. The lowest BCUT2D eigenvalue weighted by molar-refractivity contribution is 0.0697. The summed E-state index contributed by atoms with van der Waals surface area (Å²) < 4.78 is 1.76. The third kappa shape index (κ3) is 1.62. The Morgan fingerprint density at radius 3 is 2.89 bits per heavy atom. The Bertz CT molecular complexity index is 591. The van der Waals surface area contributed by atoms with Gasteiger partial charge in [-0.15, -0.1) is 0 Å².